The maximum absolute atomic E-state index is 10.8. The summed E-state index contributed by atoms with van der Waals surface area (Å²) in [5, 5.41) is 0. The average Bonchev–Trinajstić information content (AvgIpc) is 2.09. The summed E-state index contributed by atoms with van der Waals surface area (Å²) < 4.78 is 15.0. The summed E-state index contributed by atoms with van der Waals surface area (Å²) in [6, 6.07) is 0. The molecule has 0 aliphatic carbocycles. The summed E-state index contributed by atoms with van der Waals surface area (Å²) in [6.07, 6.45) is -0.787. The first kappa shape index (κ1) is 12.3. The summed E-state index contributed by atoms with van der Waals surface area (Å²) >= 11 is 5.81. The molecule has 0 aromatic rings. The fraction of sp³-hybridized carbons (Fsp3) is 0.778. The lowest BCUT2D eigenvalue weighted by molar-refractivity contribution is -0.183. The second-order valence-corrected chi connectivity index (χ2v) is 3.66. The predicted octanol–water partition coefficient (Wildman–Crippen LogP) is 0.835. The molecule has 3 atom stereocenters. The molecule has 1 rings (SSSR count). The molecule has 0 N–H and O–H groups in total. The van der Waals surface area contributed by atoms with Crippen LogP contribution in [-0.4, -0.2) is 36.3 Å². The van der Waals surface area contributed by atoms with Crippen LogP contribution in [0.3, 0.4) is 0 Å². The molecule has 1 heterocycles. The van der Waals surface area contributed by atoms with Crippen molar-refractivity contribution in [3.8, 4) is 0 Å². The Hall–Kier alpha value is -0.810. The van der Waals surface area contributed by atoms with Gasteiger partial charge in [-0.3, -0.25) is 9.59 Å². The third-order valence-corrected chi connectivity index (χ3v) is 2.30. The zero-order chi connectivity index (χ0) is 11.4. The molecule has 1 unspecified atom stereocenters. The molecule has 15 heavy (non-hydrogen) atoms. The van der Waals surface area contributed by atoms with E-state index in [9.17, 15) is 9.59 Å². The maximum Gasteiger partial charge on any atom is 0.303 e. The molecule has 0 spiro atoms. The summed E-state index contributed by atoms with van der Waals surface area (Å²) in [5.74, 6) is -0.906. The highest BCUT2D eigenvalue weighted by molar-refractivity contribution is 6.20. The first-order valence-corrected chi connectivity index (χ1v) is 5.04. The van der Waals surface area contributed by atoms with Gasteiger partial charge in [-0.1, -0.05) is 11.6 Å². The zero-order valence-corrected chi connectivity index (χ0v) is 9.32. The number of esters is 2. The van der Waals surface area contributed by atoms with Crippen LogP contribution in [0.1, 0.15) is 20.3 Å². The highest BCUT2D eigenvalue weighted by Crippen LogP contribution is 2.23. The average molecular weight is 237 g/mol. The Morgan fingerprint density at radius 1 is 1.27 bits per heavy atom. The van der Waals surface area contributed by atoms with E-state index in [1.165, 1.54) is 13.8 Å². The lowest BCUT2D eigenvalue weighted by atomic mass is 10.1. The quantitative estimate of drug-likeness (QED) is 0.525. The fourth-order valence-electron chi connectivity index (χ4n) is 1.38. The first-order chi connectivity index (χ1) is 7.00. The van der Waals surface area contributed by atoms with Crippen LogP contribution in [-0.2, 0) is 23.8 Å². The molecule has 1 fully saturated rings. The standard InChI is InChI=1S/C9H13ClO5/c1-5(11)14-7-3-4-13-9(10)8(7)15-6(2)12/h7-9H,3-4H2,1-2H3/t7-,8+,9?/m0/s1. The largest absolute Gasteiger partial charge is 0.458 e. The van der Waals surface area contributed by atoms with Gasteiger partial charge in [-0.05, 0) is 0 Å². The van der Waals surface area contributed by atoms with Gasteiger partial charge in [0.05, 0.1) is 6.61 Å². The van der Waals surface area contributed by atoms with Crippen molar-refractivity contribution < 1.29 is 23.8 Å². The third-order valence-electron chi connectivity index (χ3n) is 1.92. The summed E-state index contributed by atoms with van der Waals surface area (Å²) in [5.41, 5.74) is -0.771. The minimum atomic E-state index is -0.771. The van der Waals surface area contributed by atoms with Crippen molar-refractivity contribution in [2.75, 3.05) is 6.61 Å². The van der Waals surface area contributed by atoms with E-state index in [1.807, 2.05) is 0 Å². The lowest BCUT2D eigenvalue weighted by Crippen LogP contribution is -2.46. The third kappa shape index (κ3) is 3.68. The first-order valence-electron chi connectivity index (χ1n) is 4.61. The van der Waals surface area contributed by atoms with Gasteiger partial charge < -0.3 is 14.2 Å². The van der Waals surface area contributed by atoms with Crippen LogP contribution in [0, 0.1) is 0 Å². The topological polar surface area (TPSA) is 61.8 Å². The van der Waals surface area contributed by atoms with Gasteiger partial charge in [-0.15, -0.1) is 0 Å². The number of halogens is 1. The summed E-state index contributed by atoms with van der Waals surface area (Å²) in [4.78, 5) is 21.6. The fourth-order valence-corrected chi connectivity index (χ4v) is 1.69. The molecule has 0 saturated carbocycles. The molecule has 0 bridgehead atoms. The summed E-state index contributed by atoms with van der Waals surface area (Å²) in [6.45, 7) is 2.94. The van der Waals surface area contributed by atoms with Crippen molar-refractivity contribution in [1.82, 2.24) is 0 Å². The smallest absolute Gasteiger partial charge is 0.303 e. The molecule has 1 saturated heterocycles. The molecule has 1 aliphatic heterocycles. The molecule has 0 aromatic carbocycles. The van der Waals surface area contributed by atoms with Crippen LogP contribution in [0.15, 0.2) is 0 Å². The van der Waals surface area contributed by atoms with E-state index in [1.54, 1.807) is 0 Å². The van der Waals surface area contributed by atoms with Gasteiger partial charge in [0, 0.05) is 20.3 Å². The van der Waals surface area contributed by atoms with Crippen molar-refractivity contribution in [3.63, 3.8) is 0 Å². The number of carbonyl (C=O) groups excluding carboxylic acids is 2. The molecular formula is C9H13ClO5. The van der Waals surface area contributed by atoms with Crippen LogP contribution in [0.4, 0.5) is 0 Å². The minimum absolute atomic E-state index is 0.379. The van der Waals surface area contributed by atoms with Gasteiger partial charge in [0.15, 0.2) is 11.7 Å². The van der Waals surface area contributed by atoms with E-state index in [0.717, 1.165) is 0 Å². The maximum atomic E-state index is 10.8. The Labute approximate surface area is 92.6 Å². The second kappa shape index (κ2) is 5.32. The van der Waals surface area contributed by atoms with E-state index in [-0.39, 0.29) is 0 Å². The molecule has 6 heteroatoms. The van der Waals surface area contributed by atoms with Gasteiger partial charge in [0.1, 0.15) is 6.10 Å². The Kier molecular flexibility index (Phi) is 4.35. The van der Waals surface area contributed by atoms with Crippen LogP contribution in [0.25, 0.3) is 0 Å². The zero-order valence-electron chi connectivity index (χ0n) is 8.57. The van der Waals surface area contributed by atoms with Crippen LogP contribution in [0.5, 0.6) is 0 Å². The molecule has 86 valence electrons. The van der Waals surface area contributed by atoms with E-state index < -0.39 is 29.7 Å². The molecule has 5 nitrogen and oxygen atoms in total. The molecule has 0 radical (unpaired) electrons. The SMILES string of the molecule is CC(=O)O[C@H]1CCOC(Cl)[C@@H]1OC(C)=O. The van der Waals surface area contributed by atoms with Crippen LogP contribution >= 0.6 is 11.6 Å². The van der Waals surface area contributed by atoms with Crippen molar-refractivity contribution >= 4 is 23.5 Å². The van der Waals surface area contributed by atoms with E-state index >= 15 is 0 Å². The molecular weight excluding hydrogens is 224 g/mol. The second-order valence-electron chi connectivity index (χ2n) is 3.23. The van der Waals surface area contributed by atoms with Crippen molar-refractivity contribution in [1.29, 1.82) is 0 Å². The summed E-state index contributed by atoms with van der Waals surface area (Å²) in [7, 11) is 0. The Balaban J connectivity index is 2.63. The van der Waals surface area contributed by atoms with Crippen LogP contribution in [0.2, 0.25) is 0 Å². The minimum Gasteiger partial charge on any atom is -0.458 e. The number of rotatable bonds is 2. The van der Waals surface area contributed by atoms with Gasteiger partial charge in [-0.2, -0.15) is 0 Å². The number of alkyl halides is 1. The van der Waals surface area contributed by atoms with Crippen molar-refractivity contribution in [2.24, 2.45) is 0 Å². The molecule has 0 amide bonds. The Morgan fingerprint density at radius 2 is 1.87 bits per heavy atom. The monoisotopic (exact) mass is 236 g/mol. The van der Waals surface area contributed by atoms with Gasteiger partial charge in [0.2, 0.25) is 0 Å². The Morgan fingerprint density at radius 3 is 2.40 bits per heavy atom. The van der Waals surface area contributed by atoms with Crippen molar-refractivity contribution in [3.05, 3.63) is 0 Å². The van der Waals surface area contributed by atoms with Gasteiger partial charge in [0.25, 0.3) is 0 Å². The lowest BCUT2D eigenvalue weighted by Gasteiger charge is -2.33. The number of carbonyl (C=O) groups is 2. The number of ether oxygens (including phenoxy) is 3. The highest BCUT2D eigenvalue weighted by Gasteiger charge is 2.37. The van der Waals surface area contributed by atoms with E-state index in [0.29, 0.717) is 13.0 Å². The number of hydrogen-bond donors (Lipinski definition) is 0. The normalized spacial score (nSPS) is 30.7. The van der Waals surface area contributed by atoms with Crippen LogP contribution < -0.4 is 0 Å². The number of hydrogen-bond acceptors (Lipinski definition) is 5. The van der Waals surface area contributed by atoms with E-state index in [4.69, 9.17) is 25.8 Å². The highest BCUT2D eigenvalue weighted by atomic mass is 35.5. The van der Waals surface area contributed by atoms with Gasteiger partial charge in [-0.25, -0.2) is 0 Å². The Bertz CT molecular complexity index is 255. The van der Waals surface area contributed by atoms with E-state index in [2.05, 4.69) is 0 Å². The van der Waals surface area contributed by atoms with Gasteiger partial charge >= 0.3 is 11.9 Å². The predicted molar refractivity (Wildman–Crippen MR) is 51.3 cm³/mol. The molecule has 1 aliphatic rings. The van der Waals surface area contributed by atoms with Crippen molar-refractivity contribution in [2.45, 2.75) is 38.0 Å². The molecule has 0 aromatic heterocycles.